The number of anilines is 1. The molecule has 0 spiro atoms. The number of aromatic nitrogens is 1. The molecule has 9 heteroatoms. The van der Waals surface area contributed by atoms with Gasteiger partial charge in [0.25, 0.3) is 5.91 Å². The van der Waals surface area contributed by atoms with E-state index in [0.29, 0.717) is 11.6 Å². The number of nitrogens with zero attached hydrogens (tertiary/aromatic N) is 1. The van der Waals surface area contributed by atoms with Crippen LogP contribution in [0.1, 0.15) is 33.0 Å². The fourth-order valence-electron chi connectivity index (χ4n) is 1.52. The highest BCUT2D eigenvalue weighted by Gasteiger charge is 2.18. The molecule has 0 saturated heterocycles. The molecular weight excluding hydrogens is 334 g/mol. The molecule has 2 amide bonds. The van der Waals surface area contributed by atoms with Crippen LogP contribution in [-0.4, -0.2) is 46.6 Å². The molecule has 2 N–H and O–H groups in total. The molecule has 1 rings (SSSR count). The summed E-state index contributed by atoms with van der Waals surface area (Å²) >= 11 is 1.09. The average Bonchev–Trinajstić information content (AvgIpc) is 2.89. The van der Waals surface area contributed by atoms with E-state index in [-0.39, 0.29) is 35.5 Å². The first kappa shape index (κ1) is 20.0. The van der Waals surface area contributed by atoms with Crippen molar-refractivity contribution >= 4 is 35.4 Å². The smallest absolute Gasteiger partial charge is 0.316 e. The van der Waals surface area contributed by atoms with E-state index >= 15 is 0 Å². The standard InChI is InChI=1S/C15H23N3O5S/c1-5-15(3,4)17-12(19)7-22-14(21)9-24-8-13(20)16-11-6-10(2)23-18-11/h6H,5,7-9H2,1-4H3,(H,17,19)(H,16,18,20). The second kappa shape index (κ2) is 9.31. The molecule has 0 fully saturated rings. The molecular formula is C15H23N3O5S. The lowest BCUT2D eigenvalue weighted by molar-refractivity contribution is -0.146. The summed E-state index contributed by atoms with van der Waals surface area (Å²) in [6, 6.07) is 1.59. The van der Waals surface area contributed by atoms with Crippen molar-refractivity contribution in [3.8, 4) is 0 Å². The lowest BCUT2D eigenvalue weighted by atomic mass is 10.0. The van der Waals surface area contributed by atoms with E-state index in [4.69, 9.17) is 9.26 Å². The van der Waals surface area contributed by atoms with Crippen molar-refractivity contribution in [1.82, 2.24) is 10.5 Å². The van der Waals surface area contributed by atoms with Gasteiger partial charge in [-0.1, -0.05) is 12.1 Å². The SMILES string of the molecule is CCC(C)(C)NC(=O)COC(=O)CSCC(=O)Nc1cc(C)on1. The highest BCUT2D eigenvalue weighted by molar-refractivity contribution is 8.00. The van der Waals surface area contributed by atoms with E-state index in [1.54, 1.807) is 13.0 Å². The van der Waals surface area contributed by atoms with Gasteiger partial charge in [-0.2, -0.15) is 0 Å². The number of nitrogens with one attached hydrogen (secondary N) is 2. The van der Waals surface area contributed by atoms with Crippen LogP contribution in [0.3, 0.4) is 0 Å². The second-order valence-electron chi connectivity index (χ2n) is 5.81. The van der Waals surface area contributed by atoms with Gasteiger partial charge in [-0.15, -0.1) is 11.8 Å². The molecule has 0 unspecified atom stereocenters. The van der Waals surface area contributed by atoms with Crippen LogP contribution in [0.25, 0.3) is 0 Å². The minimum absolute atomic E-state index is 0.0181. The van der Waals surface area contributed by atoms with Gasteiger partial charge in [-0.3, -0.25) is 14.4 Å². The first-order valence-corrected chi connectivity index (χ1v) is 8.65. The zero-order valence-corrected chi connectivity index (χ0v) is 15.1. The Morgan fingerprint density at radius 3 is 2.58 bits per heavy atom. The normalized spacial score (nSPS) is 11.0. The Labute approximate surface area is 145 Å². The van der Waals surface area contributed by atoms with Crippen molar-refractivity contribution in [3.63, 3.8) is 0 Å². The van der Waals surface area contributed by atoms with Crippen molar-refractivity contribution in [1.29, 1.82) is 0 Å². The first-order chi connectivity index (χ1) is 11.2. The van der Waals surface area contributed by atoms with Crippen LogP contribution in [-0.2, 0) is 19.1 Å². The molecule has 0 aliphatic heterocycles. The van der Waals surface area contributed by atoms with Gasteiger partial charge >= 0.3 is 5.97 Å². The van der Waals surface area contributed by atoms with Gasteiger partial charge in [-0.05, 0) is 27.2 Å². The molecule has 0 saturated carbocycles. The molecule has 8 nitrogen and oxygen atoms in total. The maximum Gasteiger partial charge on any atom is 0.316 e. The zero-order chi connectivity index (χ0) is 18.2. The lowest BCUT2D eigenvalue weighted by Gasteiger charge is -2.24. The highest BCUT2D eigenvalue weighted by Crippen LogP contribution is 2.09. The molecule has 0 aliphatic carbocycles. The van der Waals surface area contributed by atoms with Crippen molar-refractivity contribution < 1.29 is 23.6 Å². The maximum atomic E-state index is 11.6. The molecule has 0 atom stereocenters. The number of esters is 1. The summed E-state index contributed by atoms with van der Waals surface area (Å²) in [6.07, 6.45) is 0.767. The summed E-state index contributed by atoms with van der Waals surface area (Å²) in [5.41, 5.74) is -0.337. The number of carbonyl (C=O) groups excluding carboxylic acids is 3. The Hall–Kier alpha value is -2.03. The van der Waals surface area contributed by atoms with Gasteiger partial charge in [-0.25, -0.2) is 0 Å². The van der Waals surface area contributed by atoms with Crippen molar-refractivity contribution in [2.45, 2.75) is 39.7 Å². The van der Waals surface area contributed by atoms with Crippen LogP contribution in [0, 0.1) is 6.92 Å². The minimum atomic E-state index is -0.547. The molecule has 0 aliphatic rings. The number of hydrogen-bond acceptors (Lipinski definition) is 7. The quantitative estimate of drug-likeness (QED) is 0.644. The van der Waals surface area contributed by atoms with Crippen LogP contribution in [0.4, 0.5) is 5.82 Å². The van der Waals surface area contributed by atoms with Gasteiger partial charge in [0.1, 0.15) is 5.76 Å². The maximum absolute atomic E-state index is 11.6. The first-order valence-electron chi connectivity index (χ1n) is 7.49. The summed E-state index contributed by atoms with van der Waals surface area (Å²) < 4.78 is 9.69. The third-order valence-corrected chi connectivity index (χ3v) is 3.98. The predicted octanol–water partition coefficient (Wildman–Crippen LogP) is 1.50. The number of thioether (sulfide) groups is 1. The fourth-order valence-corrected chi connectivity index (χ4v) is 2.13. The predicted molar refractivity (Wildman–Crippen MR) is 90.7 cm³/mol. The van der Waals surface area contributed by atoms with Crippen LogP contribution in [0.15, 0.2) is 10.6 Å². The summed E-state index contributed by atoms with van der Waals surface area (Å²) in [4.78, 5) is 34.8. The highest BCUT2D eigenvalue weighted by atomic mass is 32.2. The summed E-state index contributed by atoms with van der Waals surface area (Å²) in [5, 5.41) is 8.93. The largest absolute Gasteiger partial charge is 0.455 e. The lowest BCUT2D eigenvalue weighted by Crippen LogP contribution is -2.44. The summed E-state index contributed by atoms with van der Waals surface area (Å²) in [5.74, 6) is -0.231. The molecule has 0 aromatic carbocycles. The van der Waals surface area contributed by atoms with E-state index in [2.05, 4.69) is 15.8 Å². The second-order valence-corrected chi connectivity index (χ2v) is 6.80. The zero-order valence-electron chi connectivity index (χ0n) is 14.3. The van der Waals surface area contributed by atoms with Crippen molar-refractivity contribution in [2.24, 2.45) is 0 Å². The number of aryl methyl sites for hydroxylation is 1. The van der Waals surface area contributed by atoms with Crippen molar-refractivity contribution in [2.75, 3.05) is 23.4 Å². The number of ether oxygens (including phenoxy) is 1. The molecule has 24 heavy (non-hydrogen) atoms. The topological polar surface area (TPSA) is 111 Å². The van der Waals surface area contributed by atoms with E-state index in [1.165, 1.54) is 0 Å². The number of hydrogen-bond donors (Lipinski definition) is 2. The third-order valence-electron chi connectivity index (χ3n) is 3.07. The molecule has 0 bridgehead atoms. The Bertz CT molecular complexity index is 585. The Kier molecular flexibility index (Phi) is 7.76. The van der Waals surface area contributed by atoms with Crippen LogP contribution >= 0.6 is 11.8 Å². The minimum Gasteiger partial charge on any atom is -0.455 e. The summed E-state index contributed by atoms with van der Waals surface area (Å²) in [6.45, 7) is 7.11. The molecule has 0 radical (unpaired) electrons. The van der Waals surface area contributed by atoms with Gasteiger partial charge < -0.3 is 19.9 Å². The van der Waals surface area contributed by atoms with Gasteiger partial charge in [0.05, 0.1) is 11.5 Å². The number of amides is 2. The summed E-state index contributed by atoms with van der Waals surface area (Å²) in [7, 11) is 0. The van der Waals surface area contributed by atoms with Crippen molar-refractivity contribution in [3.05, 3.63) is 11.8 Å². The van der Waals surface area contributed by atoms with Crippen LogP contribution in [0.2, 0.25) is 0 Å². The fraction of sp³-hybridized carbons (Fsp3) is 0.600. The molecule has 1 heterocycles. The number of rotatable bonds is 9. The Morgan fingerprint density at radius 2 is 2.00 bits per heavy atom. The van der Waals surface area contributed by atoms with E-state index < -0.39 is 5.97 Å². The van der Waals surface area contributed by atoms with E-state index in [1.807, 2.05) is 20.8 Å². The Balaban J connectivity index is 2.17. The van der Waals surface area contributed by atoms with Crippen LogP contribution in [0.5, 0.6) is 0 Å². The number of carbonyl (C=O) groups is 3. The van der Waals surface area contributed by atoms with Gasteiger partial charge in [0.2, 0.25) is 5.91 Å². The van der Waals surface area contributed by atoms with Gasteiger partial charge in [0, 0.05) is 11.6 Å². The molecule has 1 aromatic rings. The van der Waals surface area contributed by atoms with Crippen LogP contribution < -0.4 is 10.6 Å². The van der Waals surface area contributed by atoms with E-state index in [9.17, 15) is 14.4 Å². The molecule has 134 valence electrons. The van der Waals surface area contributed by atoms with Gasteiger partial charge in [0.15, 0.2) is 12.4 Å². The Morgan fingerprint density at radius 1 is 1.29 bits per heavy atom. The average molecular weight is 357 g/mol. The molecule has 1 aromatic heterocycles. The monoisotopic (exact) mass is 357 g/mol. The third kappa shape index (κ3) is 8.00. The van der Waals surface area contributed by atoms with E-state index in [0.717, 1.165) is 18.2 Å².